The fourth-order valence-corrected chi connectivity index (χ4v) is 15.9. The van der Waals surface area contributed by atoms with Gasteiger partial charge < -0.3 is 9.13 Å². The minimum Gasteiger partial charge on any atom is -0.309 e. The Hall–Kier alpha value is -7.20. The average molecular weight is 783 g/mol. The second kappa shape index (κ2) is 13.2. The molecule has 0 aliphatic heterocycles. The summed E-state index contributed by atoms with van der Waals surface area (Å²) in [6.45, 7) is 4.74. The number of benzene rings is 9. The summed E-state index contributed by atoms with van der Waals surface area (Å²) in [5.74, 6) is 0. The van der Waals surface area contributed by atoms with Crippen LogP contribution in [0.25, 0.3) is 66.1 Å². The highest BCUT2D eigenvalue weighted by Crippen LogP contribution is 2.53. The molecule has 0 saturated carbocycles. The number of hydrogen-bond donors (Lipinski definition) is 0. The largest absolute Gasteiger partial charge is 0.309 e. The minimum absolute atomic E-state index is 0.0654. The van der Waals surface area contributed by atoms with Crippen LogP contribution in [0.4, 0.5) is 0 Å². The van der Waals surface area contributed by atoms with Gasteiger partial charge in [0.15, 0.2) is 8.07 Å². The van der Waals surface area contributed by atoms with Crippen molar-refractivity contribution >= 4 is 72.4 Å². The monoisotopic (exact) mass is 782 g/mol. The van der Waals surface area contributed by atoms with Crippen molar-refractivity contribution in [2.45, 2.75) is 19.3 Å². The normalized spacial score (nSPS) is 13.3. The predicted molar refractivity (Wildman–Crippen MR) is 256 cm³/mol. The van der Waals surface area contributed by atoms with E-state index in [4.69, 9.17) is 0 Å². The molecule has 0 unspecified atom stereocenters. The number of para-hydroxylation sites is 3. The fraction of sp³-hybridized carbons (Fsp3) is 0.0526. The molecule has 60 heavy (non-hydrogen) atoms. The van der Waals surface area contributed by atoms with E-state index in [0.717, 1.165) is 0 Å². The molecule has 12 rings (SSSR count). The van der Waals surface area contributed by atoms with Crippen molar-refractivity contribution < 1.29 is 0 Å². The molecule has 9 aromatic carbocycles. The van der Waals surface area contributed by atoms with Gasteiger partial charge in [-0.05, 0) is 91.5 Å². The first-order chi connectivity index (χ1) is 29.6. The van der Waals surface area contributed by atoms with Gasteiger partial charge in [0.05, 0.1) is 22.1 Å². The summed E-state index contributed by atoms with van der Waals surface area (Å²) in [7, 11) is -2.98. The molecule has 1 aliphatic carbocycles. The van der Waals surface area contributed by atoms with Crippen molar-refractivity contribution in [2.24, 2.45) is 0 Å². The molecule has 0 saturated heterocycles. The Kier molecular flexibility index (Phi) is 7.63. The Morgan fingerprint density at radius 1 is 0.350 bits per heavy atom. The van der Waals surface area contributed by atoms with E-state index in [0.29, 0.717) is 0 Å². The maximum absolute atomic E-state index is 2.98. The van der Waals surface area contributed by atoms with Crippen LogP contribution in [0.3, 0.4) is 0 Å². The second-order valence-electron chi connectivity index (χ2n) is 16.8. The van der Waals surface area contributed by atoms with E-state index in [-0.39, 0.29) is 5.41 Å². The van der Waals surface area contributed by atoms with Gasteiger partial charge in [0.1, 0.15) is 0 Å². The fourth-order valence-electron chi connectivity index (χ4n) is 10.9. The SMILES string of the molecule is CC1(C)c2ccccc2-c2c1ccc1c2c2ccccc2n1-c1ccc([Si](c2ccccc2)(c2ccccc2)c2cccc3c2c2ccccc2n3-c2ccccc2)cc1. The Balaban J connectivity index is 1.14. The smallest absolute Gasteiger partial charge is 0.180 e. The molecular formula is C57H42N2Si. The van der Waals surface area contributed by atoms with Crippen molar-refractivity contribution in [3.05, 3.63) is 230 Å². The van der Waals surface area contributed by atoms with Crippen LogP contribution < -0.4 is 20.7 Å². The van der Waals surface area contributed by atoms with Crippen LogP contribution in [-0.4, -0.2) is 17.2 Å². The summed E-state index contributed by atoms with van der Waals surface area (Å²) >= 11 is 0. The first-order valence-electron chi connectivity index (χ1n) is 21.0. The third kappa shape index (κ3) is 4.75. The van der Waals surface area contributed by atoms with Gasteiger partial charge in [-0.3, -0.25) is 0 Å². The van der Waals surface area contributed by atoms with Gasteiger partial charge in [-0.15, -0.1) is 0 Å². The summed E-state index contributed by atoms with van der Waals surface area (Å²) in [5, 5.41) is 10.7. The molecule has 11 aromatic rings. The van der Waals surface area contributed by atoms with E-state index in [2.05, 4.69) is 241 Å². The molecule has 3 heteroatoms. The summed E-state index contributed by atoms with van der Waals surface area (Å²) < 4.78 is 4.94. The van der Waals surface area contributed by atoms with Crippen molar-refractivity contribution in [1.82, 2.24) is 9.13 Å². The number of fused-ring (bicyclic) bond motifs is 10. The Morgan fingerprint density at radius 2 is 0.833 bits per heavy atom. The zero-order chi connectivity index (χ0) is 40.0. The Labute approximate surface area is 351 Å². The van der Waals surface area contributed by atoms with E-state index in [1.165, 1.54) is 98.0 Å². The second-order valence-corrected chi connectivity index (χ2v) is 20.6. The maximum atomic E-state index is 2.49. The third-order valence-corrected chi connectivity index (χ3v) is 18.3. The Bertz CT molecular complexity index is 3390. The zero-order valence-corrected chi connectivity index (χ0v) is 34.7. The third-order valence-electron chi connectivity index (χ3n) is 13.5. The molecule has 0 bridgehead atoms. The highest BCUT2D eigenvalue weighted by Gasteiger charge is 2.43. The van der Waals surface area contributed by atoms with Crippen molar-refractivity contribution in [1.29, 1.82) is 0 Å². The highest BCUT2D eigenvalue weighted by atomic mass is 28.3. The van der Waals surface area contributed by atoms with Crippen LogP contribution in [0, 0.1) is 0 Å². The summed E-state index contributed by atoms with van der Waals surface area (Å²) in [6, 6.07) is 81.8. The maximum Gasteiger partial charge on any atom is 0.180 e. The van der Waals surface area contributed by atoms with Gasteiger partial charge >= 0.3 is 0 Å². The molecule has 0 N–H and O–H groups in total. The lowest BCUT2D eigenvalue weighted by Crippen LogP contribution is -2.74. The molecular weight excluding hydrogens is 741 g/mol. The van der Waals surface area contributed by atoms with Crippen LogP contribution in [-0.2, 0) is 5.41 Å². The predicted octanol–water partition coefficient (Wildman–Crippen LogP) is 11.6. The molecule has 2 heterocycles. The van der Waals surface area contributed by atoms with Crippen LogP contribution in [0.2, 0.25) is 0 Å². The van der Waals surface area contributed by atoms with Gasteiger partial charge in [0, 0.05) is 38.3 Å². The summed E-state index contributed by atoms with van der Waals surface area (Å²) in [5.41, 5.74) is 12.7. The molecule has 1 aliphatic rings. The average Bonchev–Trinajstić information content (AvgIpc) is 3.91. The van der Waals surface area contributed by atoms with E-state index < -0.39 is 8.07 Å². The molecule has 2 aromatic heterocycles. The van der Waals surface area contributed by atoms with Crippen LogP contribution in [0.15, 0.2) is 218 Å². The Morgan fingerprint density at radius 3 is 1.48 bits per heavy atom. The number of aromatic nitrogens is 2. The van der Waals surface area contributed by atoms with Gasteiger partial charge in [0.2, 0.25) is 0 Å². The zero-order valence-electron chi connectivity index (χ0n) is 33.7. The van der Waals surface area contributed by atoms with Crippen LogP contribution in [0.5, 0.6) is 0 Å². The number of rotatable bonds is 6. The molecule has 2 nitrogen and oxygen atoms in total. The molecule has 0 atom stereocenters. The summed E-state index contributed by atoms with van der Waals surface area (Å²) in [6.07, 6.45) is 0. The van der Waals surface area contributed by atoms with E-state index in [9.17, 15) is 0 Å². The highest BCUT2D eigenvalue weighted by molar-refractivity contribution is 7.20. The van der Waals surface area contributed by atoms with Crippen LogP contribution >= 0.6 is 0 Å². The summed E-state index contributed by atoms with van der Waals surface area (Å²) in [4.78, 5) is 0. The van der Waals surface area contributed by atoms with Gasteiger partial charge in [-0.25, -0.2) is 0 Å². The quantitative estimate of drug-likeness (QED) is 0.117. The van der Waals surface area contributed by atoms with E-state index in [1.807, 2.05) is 0 Å². The molecule has 0 radical (unpaired) electrons. The number of nitrogens with zero attached hydrogens (tertiary/aromatic N) is 2. The standard InChI is InChI=1S/C57H42N2Si/c1-57(2)47-28-15-12-25-44(47)54-48(57)37-38-52-56(54)46-27-14-17-30-50(46)59(52)40-33-35-43(36-34-40)60(41-21-8-4-9-22-41,42-23-10-5-11-24-42)53-32-18-31-51-55(53)45-26-13-16-29-49(45)58(51)39-19-6-3-7-20-39/h3-38H,1-2H3. The van der Waals surface area contributed by atoms with Gasteiger partial charge in [-0.1, -0.05) is 184 Å². The molecule has 0 fully saturated rings. The first kappa shape index (κ1) is 34.8. The van der Waals surface area contributed by atoms with Crippen molar-refractivity contribution in [2.75, 3.05) is 0 Å². The van der Waals surface area contributed by atoms with Crippen molar-refractivity contribution in [3.63, 3.8) is 0 Å². The lowest BCUT2D eigenvalue weighted by Gasteiger charge is -2.35. The molecule has 284 valence electrons. The topological polar surface area (TPSA) is 9.86 Å². The van der Waals surface area contributed by atoms with Crippen molar-refractivity contribution in [3.8, 4) is 22.5 Å². The minimum atomic E-state index is -2.98. The lowest BCUT2D eigenvalue weighted by molar-refractivity contribution is 0.661. The van der Waals surface area contributed by atoms with Crippen LogP contribution in [0.1, 0.15) is 25.0 Å². The lowest BCUT2D eigenvalue weighted by atomic mass is 9.82. The molecule has 0 spiro atoms. The number of hydrogen-bond acceptors (Lipinski definition) is 0. The van der Waals surface area contributed by atoms with Gasteiger partial charge in [0.25, 0.3) is 0 Å². The van der Waals surface area contributed by atoms with Gasteiger partial charge in [-0.2, -0.15) is 0 Å². The molecule has 0 amide bonds. The van der Waals surface area contributed by atoms with E-state index >= 15 is 0 Å². The van der Waals surface area contributed by atoms with E-state index in [1.54, 1.807) is 0 Å². The first-order valence-corrected chi connectivity index (χ1v) is 23.0.